The van der Waals surface area contributed by atoms with Crippen LogP contribution in [0.25, 0.3) is 117 Å². The number of rotatable bonds is 1. The Bertz CT molecular complexity index is 3420. The molecule has 0 unspecified atom stereocenters. The lowest BCUT2D eigenvalue weighted by molar-refractivity contribution is 1.01. The Kier molecular flexibility index (Phi) is 5.37. The molecule has 0 saturated carbocycles. The summed E-state index contributed by atoms with van der Waals surface area (Å²) in [4.78, 5) is 2.68. The minimum absolute atomic E-state index is 1.27. The summed E-state index contributed by atoms with van der Waals surface area (Å²) >= 11 is 3.77. The number of aromatic nitrogens is 2. The third-order valence-corrected chi connectivity index (χ3v) is 13.6. The van der Waals surface area contributed by atoms with E-state index in [4.69, 9.17) is 0 Å². The van der Waals surface area contributed by atoms with Gasteiger partial charge in [-0.25, -0.2) is 0 Å². The normalized spacial score (nSPS) is 12.6. The van der Waals surface area contributed by atoms with Gasteiger partial charge >= 0.3 is 0 Å². The van der Waals surface area contributed by atoms with Crippen LogP contribution in [-0.4, -0.2) is 9.13 Å². The lowest BCUT2D eigenvalue weighted by Gasteiger charge is -2.06. The molecule has 0 aliphatic heterocycles. The highest BCUT2D eigenvalue weighted by Gasteiger charge is 2.18. The van der Waals surface area contributed by atoms with Gasteiger partial charge in [-0.2, -0.15) is 0 Å². The van der Waals surface area contributed by atoms with Gasteiger partial charge in [0.15, 0.2) is 0 Å². The largest absolute Gasteiger partial charge is 0.343 e. The Balaban J connectivity index is 1.000. The fourth-order valence-corrected chi connectivity index (χ4v) is 11.1. The van der Waals surface area contributed by atoms with E-state index in [1.54, 1.807) is 0 Å². The van der Waals surface area contributed by atoms with E-state index in [9.17, 15) is 0 Å². The Morgan fingerprint density at radius 1 is 0.392 bits per heavy atom. The predicted molar refractivity (Wildman–Crippen MR) is 225 cm³/mol. The van der Waals surface area contributed by atoms with Crippen molar-refractivity contribution in [3.8, 4) is 10.4 Å². The van der Waals surface area contributed by atoms with E-state index in [-0.39, 0.29) is 0 Å². The van der Waals surface area contributed by atoms with Crippen molar-refractivity contribution >= 4 is 130 Å². The van der Waals surface area contributed by atoms with Crippen molar-refractivity contribution in [2.75, 3.05) is 0 Å². The molecule has 0 atom stereocenters. The van der Waals surface area contributed by atoms with Crippen molar-refractivity contribution in [3.05, 3.63) is 132 Å². The van der Waals surface area contributed by atoms with Crippen molar-refractivity contribution in [3.63, 3.8) is 0 Å². The molecule has 8 aromatic carbocycles. The Morgan fingerprint density at radius 2 is 0.941 bits per heavy atom. The minimum Gasteiger partial charge on any atom is -0.343 e. The standard InChI is InChI=1S/C47H30N2S2/c1-25-14-33-18-29-16-32-21-45-34(19-30(32)17-31(29)20-44(33)50-25)22-43(51-45)28-10-11-36-27(15-28)9-13-38-40-24-41-39(23-42(40)49(3)47(36)38)37-12-8-26-6-4-5-7-35(26)46(37)48(41)2/h4-24H,1-3H3. The molecule has 12 aromatic rings. The van der Waals surface area contributed by atoms with Gasteiger partial charge in [-0.05, 0) is 122 Å². The van der Waals surface area contributed by atoms with Gasteiger partial charge in [-0.15, -0.1) is 22.7 Å². The second-order valence-electron chi connectivity index (χ2n) is 14.4. The number of fused-ring (bicyclic) bond motifs is 14. The van der Waals surface area contributed by atoms with Crippen molar-refractivity contribution in [2.24, 2.45) is 14.1 Å². The highest BCUT2D eigenvalue weighted by atomic mass is 32.1. The molecule has 0 aliphatic rings. The zero-order valence-corrected chi connectivity index (χ0v) is 30.0. The van der Waals surface area contributed by atoms with Gasteiger partial charge in [0.2, 0.25) is 0 Å². The molecule has 0 fully saturated rings. The molecule has 4 heteroatoms. The Morgan fingerprint density at radius 3 is 1.65 bits per heavy atom. The fourth-order valence-electron chi connectivity index (χ4n) is 9.03. The van der Waals surface area contributed by atoms with E-state index in [2.05, 4.69) is 158 Å². The van der Waals surface area contributed by atoms with Gasteiger partial charge < -0.3 is 9.13 Å². The van der Waals surface area contributed by atoms with E-state index < -0.39 is 0 Å². The van der Waals surface area contributed by atoms with Crippen molar-refractivity contribution in [2.45, 2.75) is 6.92 Å². The molecule has 4 aromatic heterocycles. The SMILES string of the molecule is Cc1cc2cc3cc4cc5sc(-c6ccc7c(ccc8c9cc%10c(cc9n(C)c78)c7ccc8ccccc8c7n%10C)c6)cc5cc4cc3cc2s1. The molecule has 51 heavy (non-hydrogen) atoms. The highest BCUT2D eigenvalue weighted by Crippen LogP contribution is 2.42. The van der Waals surface area contributed by atoms with Crippen LogP contribution in [0.15, 0.2) is 127 Å². The third kappa shape index (κ3) is 3.81. The molecule has 4 heterocycles. The summed E-state index contributed by atoms with van der Waals surface area (Å²) in [5.41, 5.74) is 6.42. The van der Waals surface area contributed by atoms with Crippen LogP contribution in [0.2, 0.25) is 0 Å². The zero-order chi connectivity index (χ0) is 33.7. The van der Waals surface area contributed by atoms with E-state index in [0.29, 0.717) is 0 Å². The first-order valence-electron chi connectivity index (χ1n) is 17.5. The molecule has 0 spiro atoms. The van der Waals surface area contributed by atoms with E-state index >= 15 is 0 Å². The van der Waals surface area contributed by atoms with Crippen molar-refractivity contribution in [1.82, 2.24) is 9.13 Å². The molecule has 12 rings (SSSR count). The summed E-state index contributed by atoms with van der Waals surface area (Å²) in [5.74, 6) is 0. The van der Waals surface area contributed by atoms with Crippen LogP contribution in [0.4, 0.5) is 0 Å². The highest BCUT2D eigenvalue weighted by molar-refractivity contribution is 7.22. The molecule has 0 bridgehead atoms. The van der Waals surface area contributed by atoms with Gasteiger partial charge in [0.25, 0.3) is 0 Å². The Hall–Kier alpha value is -5.68. The maximum Gasteiger partial charge on any atom is 0.0568 e. The van der Waals surface area contributed by atoms with Crippen LogP contribution in [0.3, 0.4) is 0 Å². The summed E-state index contributed by atoms with van der Waals surface area (Å²) in [6.45, 7) is 2.20. The average molecular weight is 687 g/mol. The Labute approximate surface area is 301 Å². The maximum atomic E-state index is 2.41. The molecule has 0 amide bonds. The molecule has 240 valence electrons. The fraction of sp³-hybridized carbons (Fsp3) is 0.0638. The van der Waals surface area contributed by atoms with Crippen LogP contribution in [0.1, 0.15) is 4.88 Å². The van der Waals surface area contributed by atoms with E-state index in [1.807, 2.05) is 22.7 Å². The van der Waals surface area contributed by atoms with E-state index in [1.165, 1.54) is 122 Å². The number of benzene rings is 8. The van der Waals surface area contributed by atoms with Crippen LogP contribution < -0.4 is 0 Å². The summed E-state index contributed by atoms with van der Waals surface area (Å²) in [7, 11) is 4.45. The van der Waals surface area contributed by atoms with Gasteiger partial charge in [0.05, 0.1) is 11.0 Å². The molecule has 2 nitrogen and oxygen atoms in total. The summed E-state index contributed by atoms with van der Waals surface area (Å²) in [6, 6.07) is 48.7. The first-order chi connectivity index (χ1) is 24.9. The smallest absolute Gasteiger partial charge is 0.0568 e. The maximum absolute atomic E-state index is 2.41. The number of hydrogen-bond donors (Lipinski definition) is 0. The van der Waals surface area contributed by atoms with Crippen LogP contribution in [0.5, 0.6) is 0 Å². The molecule has 0 radical (unpaired) electrons. The number of thiophene rings is 2. The van der Waals surface area contributed by atoms with Crippen molar-refractivity contribution < 1.29 is 0 Å². The van der Waals surface area contributed by atoms with Gasteiger partial charge in [0, 0.05) is 76.6 Å². The monoisotopic (exact) mass is 686 g/mol. The van der Waals surface area contributed by atoms with Crippen LogP contribution >= 0.6 is 22.7 Å². The third-order valence-electron chi connectivity index (χ3n) is 11.5. The quantitative estimate of drug-likeness (QED) is 0.152. The number of aryl methyl sites for hydroxylation is 3. The topological polar surface area (TPSA) is 9.86 Å². The van der Waals surface area contributed by atoms with Gasteiger partial charge in [-0.1, -0.05) is 60.7 Å². The average Bonchev–Trinajstić information content (AvgIpc) is 3.88. The van der Waals surface area contributed by atoms with Gasteiger partial charge in [-0.3, -0.25) is 0 Å². The molecular weight excluding hydrogens is 657 g/mol. The summed E-state index contributed by atoms with van der Waals surface area (Å²) in [5, 5.41) is 18.3. The first kappa shape index (κ1) is 28.1. The van der Waals surface area contributed by atoms with Crippen LogP contribution in [-0.2, 0) is 14.1 Å². The van der Waals surface area contributed by atoms with Crippen molar-refractivity contribution in [1.29, 1.82) is 0 Å². The molecular formula is C47H30N2S2. The molecule has 0 N–H and O–H groups in total. The predicted octanol–water partition coefficient (Wildman–Crippen LogP) is 14.0. The van der Waals surface area contributed by atoms with E-state index in [0.717, 1.165) is 0 Å². The second-order valence-corrected chi connectivity index (χ2v) is 16.8. The number of hydrogen-bond acceptors (Lipinski definition) is 2. The number of nitrogens with zero attached hydrogens (tertiary/aromatic N) is 2. The van der Waals surface area contributed by atoms with Crippen LogP contribution in [0, 0.1) is 6.92 Å². The molecule has 0 aliphatic carbocycles. The minimum atomic E-state index is 1.27. The summed E-state index contributed by atoms with van der Waals surface area (Å²) in [6.07, 6.45) is 0. The summed E-state index contributed by atoms with van der Waals surface area (Å²) < 4.78 is 7.50. The first-order valence-corrected chi connectivity index (χ1v) is 19.1. The molecule has 0 saturated heterocycles. The zero-order valence-electron chi connectivity index (χ0n) is 28.3. The lowest BCUT2D eigenvalue weighted by atomic mass is 10.0. The van der Waals surface area contributed by atoms with Gasteiger partial charge in [0.1, 0.15) is 0 Å². The second kappa shape index (κ2) is 9.76. The lowest BCUT2D eigenvalue weighted by Crippen LogP contribution is -1.89.